The zero-order valence-electron chi connectivity index (χ0n) is 24.2. The van der Waals surface area contributed by atoms with Crippen molar-refractivity contribution >= 4 is 11.9 Å². The Bertz CT molecular complexity index is 1460. The molecule has 1 amide bonds. The average molecular weight is 551 g/mol. The highest BCUT2D eigenvalue weighted by molar-refractivity contribution is 5.96. The van der Waals surface area contributed by atoms with E-state index in [0.717, 1.165) is 39.9 Å². The highest BCUT2D eigenvalue weighted by Crippen LogP contribution is 2.27. The van der Waals surface area contributed by atoms with E-state index in [0.29, 0.717) is 29.4 Å². The van der Waals surface area contributed by atoms with Gasteiger partial charge in [0.2, 0.25) is 0 Å². The van der Waals surface area contributed by atoms with Gasteiger partial charge in [-0.2, -0.15) is 0 Å². The third kappa shape index (κ3) is 8.52. The summed E-state index contributed by atoms with van der Waals surface area (Å²) in [6, 6.07) is 25.3. The second-order valence-corrected chi connectivity index (χ2v) is 11.0. The normalized spacial score (nSPS) is 11.7. The van der Waals surface area contributed by atoms with Gasteiger partial charge in [0.1, 0.15) is 12.4 Å². The minimum Gasteiger partial charge on any atom is -0.489 e. The predicted octanol–water partition coefficient (Wildman–Crippen LogP) is 7.48. The van der Waals surface area contributed by atoms with Crippen molar-refractivity contribution in [3.63, 3.8) is 0 Å². The van der Waals surface area contributed by atoms with E-state index in [2.05, 4.69) is 56.2 Å². The molecular weight excluding hydrogens is 512 g/mol. The van der Waals surface area contributed by atoms with E-state index >= 15 is 0 Å². The lowest BCUT2D eigenvalue weighted by atomic mass is 9.93. The van der Waals surface area contributed by atoms with Crippen LogP contribution in [-0.2, 0) is 17.8 Å². The maximum absolute atomic E-state index is 13.7. The quantitative estimate of drug-likeness (QED) is 0.191. The number of nitrogens with zero attached hydrogens (tertiary/aromatic N) is 1. The number of carboxylic acid groups (broad SMARTS) is 1. The number of hydrogen-bond acceptors (Lipinski definition) is 4. The number of carboxylic acids is 1. The van der Waals surface area contributed by atoms with E-state index in [1.165, 1.54) is 0 Å². The second kappa shape index (κ2) is 13.8. The molecule has 3 aromatic carbocycles. The van der Waals surface area contributed by atoms with Gasteiger partial charge in [-0.1, -0.05) is 79.6 Å². The Morgan fingerprint density at radius 1 is 0.927 bits per heavy atom. The minimum atomic E-state index is -0.904. The zero-order valence-corrected chi connectivity index (χ0v) is 24.2. The van der Waals surface area contributed by atoms with E-state index in [9.17, 15) is 14.7 Å². The fraction of sp³-hybridized carbons (Fsp3) is 0.286. The fourth-order valence-corrected chi connectivity index (χ4v) is 4.99. The highest BCUT2D eigenvalue weighted by Gasteiger charge is 2.21. The Kier molecular flexibility index (Phi) is 9.91. The Balaban J connectivity index is 1.54. The predicted molar refractivity (Wildman–Crippen MR) is 162 cm³/mol. The van der Waals surface area contributed by atoms with E-state index in [4.69, 9.17) is 4.74 Å². The molecule has 1 aromatic heterocycles. The first-order valence-electron chi connectivity index (χ1n) is 14.0. The van der Waals surface area contributed by atoms with Crippen LogP contribution >= 0.6 is 0 Å². The van der Waals surface area contributed by atoms with Crippen LogP contribution in [0.5, 0.6) is 5.75 Å². The summed E-state index contributed by atoms with van der Waals surface area (Å²) in [5, 5.41) is 12.5. The van der Waals surface area contributed by atoms with Crippen molar-refractivity contribution in [3.8, 4) is 17.0 Å². The summed E-state index contributed by atoms with van der Waals surface area (Å²) in [4.78, 5) is 29.4. The monoisotopic (exact) mass is 550 g/mol. The van der Waals surface area contributed by atoms with E-state index < -0.39 is 5.97 Å². The smallest absolute Gasteiger partial charge is 0.303 e. The molecule has 1 heterocycles. The van der Waals surface area contributed by atoms with Crippen LogP contribution in [0.25, 0.3) is 11.3 Å². The van der Waals surface area contributed by atoms with Crippen LogP contribution in [0.1, 0.15) is 70.9 Å². The number of carbonyl (C=O) groups is 2. The number of rotatable bonds is 12. The molecule has 6 heteroatoms. The number of nitrogens with one attached hydrogen (secondary N) is 1. The second-order valence-electron chi connectivity index (χ2n) is 11.0. The molecular formula is C35H38N2O4. The average Bonchev–Trinajstić information content (AvgIpc) is 2.94. The molecule has 4 rings (SSSR count). The summed E-state index contributed by atoms with van der Waals surface area (Å²) in [6.07, 6.45) is 2.75. The molecule has 1 atom stereocenters. The van der Waals surface area contributed by atoms with Gasteiger partial charge >= 0.3 is 5.97 Å². The Morgan fingerprint density at radius 2 is 1.66 bits per heavy atom. The third-order valence-corrected chi connectivity index (χ3v) is 6.91. The SMILES string of the molecule is Cc1cc(C)cc(C(CC(C)C)NC(=O)c2cc(OCc3ccc(-c4ccccn4)cc3)ccc2CCC(=O)O)c1. The number of aromatic nitrogens is 1. The number of aryl methyl sites for hydroxylation is 3. The van der Waals surface area contributed by atoms with Crippen molar-refractivity contribution in [1.29, 1.82) is 0 Å². The first kappa shape index (κ1) is 29.5. The molecule has 41 heavy (non-hydrogen) atoms. The van der Waals surface area contributed by atoms with Crippen molar-refractivity contribution in [2.45, 2.75) is 59.6 Å². The van der Waals surface area contributed by atoms with Gasteiger partial charge in [-0.25, -0.2) is 0 Å². The highest BCUT2D eigenvalue weighted by atomic mass is 16.5. The topological polar surface area (TPSA) is 88.5 Å². The number of ether oxygens (including phenoxy) is 1. The molecule has 0 fully saturated rings. The molecule has 0 aliphatic carbocycles. The molecule has 1 unspecified atom stereocenters. The number of benzene rings is 3. The van der Waals surface area contributed by atoms with E-state index in [1.807, 2.05) is 42.5 Å². The Hall–Kier alpha value is -4.45. The lowest BCUT2D eigenvalue weighted by Crippen LogP contribution is -2.30. The summed E-state index contributed by atoms with van der Waals surface area (Å²) in [5.74, 6) is -0.222. The molecule has 2 N–H and O–H groups in total. The number of hydrogen-bond donors (Lipinski definition) is 2. The van der Waals surface area contributed by atoms with Crippen LogP contribution in [0.15, 0.2) is 85.1 Å². The number of aliphatic carboxylic acids is 1. The van der Waals surface area contributed by atoms with E-state index in [1.54, 1.807) is 24.4 Å². The summed E-state index contributed by atoms with van der Waals surface area (Å²) in [6.45, 7) is 8.72. The molecule has 0 spiro atoms. The van der Waals surface area contributed by atoms with Gasteiger partial charge in [0, 0.05) is 23.7 Å². The standard InChI is InChI=1S/C35H38N2O4/c1-23(2)17-33(29-19-24(3)18-25(4)20-29)37-35(40)31-21-30(14-12-27(31)13-15-34(38)39)41-22-26-8-10-28(11-9-26)32-7-5-6-16-36-32/h5-12,14,16,18-21,23,33H,13,15,17,22H2,1-4H3,(H,37,40)(H,38,39). The van der Waals surface area contributed by atoms with Crippen LogP contribution in [0.2, 0.25) is 0 Å². The summed E-state index contributed by atoms with van der Waals surface area (Å²) in [5.41, 5.74) is 7.39. The third-order valence-electron chi connectivity index (χ3n) is 6.91. The molecule has 0 aliphatic heterocycles. The van der Waals surface area contributed by atoms with Crippen LogP contribution < -0.4 is 10.1 Å². The number of amides is 1. The van der Waals surface area contributed by atoms with Crippen LogP contribution in [0.4, 0.5) is 0 Å². The maximum atomic E-state index is 13.7. The van der Waals surface area contributed by atoms with E-state index in [-0.39, 0.29) is 24.8 Å². The molecule has 0 bridgehead atoms. The molecule has 0 saturated heterocycles. The molecule has 212 valence electrons. The van der Waals surface area contributed by atoms with Gasteiger partial charge < -0.3 is 15.2 Å². The lowest BCUT2D eigenvalue weighted by Gasteiger charge is -2.23. The Morgan fingerprint density at radius 3 is 2.29 bits per heavy atom. The van der Waals surface area contributed by atoms with Crippen molar-refractivity contribution in [2.24, 2.45) is 5.92 Å². The van der Waals surface area contributed by atoms with Crippen LogP contribution in [0.3, 0.4) is 0 Å². The summed E-state index contributed by atoms with van der Waals surface area (Å²) >= 11 is 0. The number of pyridine rings is 1. The first-order valence-corrected chi connectivity index (χ1v) is 14.0. The van der Waals surface area contributed by atoms with Gasteiger partial charge in [0.15, 0.2) is 0 Å². The van der Waals surface area contributed by atoms with Crippen molar-refractivity contribution in [2.75, 3.05) is 0 Å². The van der Waals surface area contributed by atoms with Crippen LogP contribution in [0, 0.1) is 19.8 Å². The van der Waals surface area contributed by atoms with Gasteiger partial charge in [0.05, 0.1) is 11.7 Å². The zero-order chi connectivity index (χ0) is 29.4. The Labute approximate surface area is 242 Å². The van der Waals surface area contributed by atoms with Crippen molar-refractivity contribution < 1.29 is 19.4 Å². The van der Waals surface area contributed by atoms with Crippen molar-refractivity contribution in [3.05, 3.63) is 118 Å². The van der Waals surface area contributed by atoms with Gasteiger partial charge in [0.25, 0.3) is 5.91 Å². The molecule has 0 aliphatic rings. The fourth-order valence-electron chi connectivity index (χ4n) is 4.99. The minimum absolute atomic E-state index is 0.0599. The summed E-state index contributed by atoms with van der Waals surface area (Å²) in [7, 11) is 0. The molecule has 0 radical (unpaired) electrons. The van der Waals surface area contributed by atoms with Gasteiger partial charge in [-0.3, -0.25) is 14.6 Å². The first-order chi connectivity index (χ1) is 19.7. The maximum Gasteiger partial charge on any atom is 0.303 e. The van der Waals surface area contributed by atoms with Crippen molar-refractivity contribution in [1.82, 2.24) is 10.3 Å². The largest absolute Gasteiger partial charge is 0.489 e. The van der Waals surface area contributed by atoms with Gasteiger partial charge in [-0.15, -0.1) is 0 Å². The molecule has 0 saturated carbocycles. The van der Waals surface area contributed by atoms with Crippen LogP contribution in [-0.4, -0.2) is 22.0 Å². The number of carbonyl (C=O) groups excluding carboxylic acids is 1. The van der Waals surface area contributed by atoms with Gasteiger partial charge in [-0.05, 0) is 73.6 Å². The summed E-state index contributed by atoms with van der Waals surface area (Å²) < 4.78 is 6.08. The lowest BCUT2D eigenvalue weighted by molar-refractivity contribution is -0.136. The molecule has 6 nitrogen and oxygen atoms in total. The molecule has 4 aromatic rings.